The molecule has 3 aromatic carbocycles. The van der Waals surface area contributed by atoms with Crippen LogP contribution in [0.4, 0.5) is 0 Å². The molecule has 26 heavy (non-hydrogen) atoms. The normalized spacial score (nSPS) is 10.6. The molecule has 0 aliphatic carbocycles. The van der Waals surface area contributed by atoms with Crippen molar-refractivity contribution in [3.05, 3.63) is 102 Å². The molecule has 0 amide bonds. The molecule has 0 unspecified atom stereocenters. The summed E-state index contributed by atoms with van der Waals surface area (Å²) in [6.07, 6.45) is 0. The molecule has 0 atom stereocenters. The van der Waals surface area contributed by atoms with Crippen molar-refractivity contribution in [3.63, 3.8) is 0 Å². The van der Waals surface area contributed by atoms with Crippen molar-refractivity contribution in [2.45, 2.75) is 0 Å². The lowest BCUT2D eigenvalue weighted by atomic mass is 10.1. The van der Waals surface area contributed by atoms with Crippen LogP contribution in [0.1, 0.15) is 16.1 Å². The molecule has 0 saturated carbocycles. The number of aromatic nitrogens is 2. The van der Waals surface area contributed by atoms with Crippen LogP contribution in [0, 0.1) is 0 Å². The van der Waals surface area contributed by atoms with Gasteiger partial charge in [-0.2, -0.15) is 5.10 Å². The minimum Gasteiger partial charge on any atom is -0.504 e. The molecule has 0 aliphatic rings. The van der Waals surface area contributed by atoms with E-state index in [1.807, 2.05) is 66.7 Å². The summed E-state index contributed by atoms with van der Waals surface area (Å²) in [6, 6.07) is 27.7. The summed E-state index contributed by atoms with van der Waals surface area (Å²) in [5.74, 6) is -0.427. The molecule has 0 saturated heterocycles. The molecule has 4 nitrogen and oxygen atoms in total. The van der Waals surface area contributed by atoms with Gasteiger partial charge in [0.25, 0.3) is 0 Å². The van der Waals surface area contributed by atoms with Gasteiger partial charge in [-0.15, -0.1) is 0 Å². The number of hydrogen-bond acceptors (Lipinski definition) is 3. The highest BCUT2D eigenvalue weighted by Crippen LogP contribution is 2.35. The number of ketones is 1. The Morgan fingerprint density at radius 1 is 0.769 bits per heavy atom. The molecule has 0 radical (unpaired) electrons. The maximum absolute atomic E-state index is 12.9. The quantitative estimate of drug-likeness (QED) is 0.558. The Morgan fingerprint density at radius 2 is 1.31 bits per heavy atom. The summed E-state index contributed by atoms with van der Waals surface area (Å²) in [6.45, 7) is 0. The van der Waals surface area contributed by atoms with Gasteiger partial charge in [-0.1, -0.05) is 78.9 Å². The minimum absolute atomic E-state index is 0.0407. The van der Waals surface area contributed by atoms with Crippen LogP contribution in [0.25, 0.3) is 16.9 Å². The van der Waals surface area contributed by atoms with Crippen molar-refractivity contribution < 1.29 is 9.90 Å². The summed E-state index contributed by atoms with van der Waals surface area (Å²) in [5.41, 5.74) is 2.58. The molecule has 4 rings (SSSR count). The molecular weight excluding hydrogens is 324 g/mol. The van der Waals surface area contributed by atoms with Crippen molar-refractivity contribution in [1.29, 1.82) is 0 Å². The monoisotopic (exact) mass is 340 g/mol. The molecule has 1 aromatic heterocycles. The van der Waals surface area contributed by atoms with Crippen molar-refractivity contribution in [2.75, 3.05) is 0 Å². The van der Waals surface area contributed by atoms with E-state index in [0.717, 1.165) is 11.3 Å². The van der Waals surface area contributed by atoms with Gasteiger partial charge in [-0.05, 0) is 12.1 Å². The van der Waals surface area contributed by atoms with Gasteiger partial charge in [-0.3, -0.25) is 4.79 Å². The average Bonchev–Trinajstić information content (AvgIpc) is 3.06. The third-order valence-electron chi connectivity index (χ3n) is 4.16. The zero-order valence-electron chi connectivity index (χ0n) is 13.9. The fourth-order valence-corrected chi connectivity index (χ4v) is 2.90. The third kappa shape index (κ3) is 2.78. The number of para-hydroxylation sites is 1. The van der Waals surface area contributed by atoms with Crippen LogP contribution in [0.5, 0.6) is 5.75 Å². The maximum Gasteiger partial charge on any atom is 0.217 e. The maximum atomic E-state index is 12.9. The summed E-state index contributed by atoms with van der Waals surface area (Å²) in [5, 5.41) is 15.3. The fourth-order valence-electron chi connectivity index (χ4n) is 2.90. The molecule has 4 aromatic rings. The van der Waals surface area contributed by atoms with Crippen molar-refractivity contribution >= 4 is 5.78 Å². The van der Waals surface area contributed by atoms with Crippen LogP contribution in [-0.2, 0) is 0 Å². The Morgan fingerprint density at radius 3 is 1.92 bits per heavy atom. The van der Waals surface area contributed by atoms with Crippen LogP contribution >= 0.6 is 0 Å². The van der Waals surface area contributed by atoms with Gasteiger partial charge in [0.1, 0.15) is 5.69 Å². The third-order valence-corrected chi connectivity index (χ3v) is 4.16. The van der Waals surface area contributed by atoms with Crippen LogP contribution < -0.4 is 0 Å². The first-order chi connectivity index (χ1) is 12.8. The van der Waals surface area contributed by atoms with E-state index in [2.05, 4.69) is 5.10 Å². The number of carbonyl (C=O) groups excluding carboxylic acids is 1. The second kappa shape index (κ2) is 6.69. The van der Waals surface area contributed by atoms with Crippen LogP contribution in [-0.4, -0.2) is 20.7 Å². The summed E-state index contributed by atoms with van der Waals surface area (Å²) in [4.78, 5) is 12.9. The standard InChI is InChI=1S/C22H16N2O2/c25-21(17-12-6-2-7-13-17)19-22(26)20(16-10-4-1-5-11-16)24(23-19)18-14-8-3-9-15-18/h1-15,26H. The van der Waals surface area contributed by atoms with Gasteiger partial charge in [0.15, 0.2) is 11.4 Å². The Balaban J connectivity index is 1.93. The van der Waals surface area contributed by atoms with Gasteiger partial charge >= 0.3 is 0 Å². The zero-order valence-corrected chi connectivity index (χ0v) is 13.9. The second-order valence-electron chi connectivity index (χ2n) is 5.85. The van der Waals surface area contributed by atoms with Gasteiger partial charge in [-0.25, -0.2) is 4.68 Å². The zero-order chi connectivity index (χ0) is 17.9. The van der Waals surface area contributed by atoms with Crippen molar-refractivity contribution in [3.8, 4) is 22.7 Å². The predicted octanol–water partition coefficient (Wildman–Crippen LogP) is 4.48. The highest BCUT2D eigenvalue weighted by molar-refractivity contribution is 6.10. The van der Waals surface area contributed by atoms with E-state index in [4.69, 9.17) is 0 Å². The molecular formula is C22H16N2O2. The number of benzene rings is 3. The first-order valence-electron chi connectivity index (χ1n) is 8.28. The van der Waals surface area contributed by atoms with E-state index in [0.29, 0.717) is 11.3 Å². The van der Waals surface area contributed by atoms with Gasteiger partial charge in [0.05, 0.1) is 5.69 Å². The topological polar surface area (TPSA) is 55.1 Å². The lowest BCUT2D eigenvalue weighted by Crippen LogP contribution is -2.04. The SMILES string of the molecule is O=C(c1ccccc1)c1nn(-c2ccccc2)c(-c2ccccc2)c1O. The van der Waals surface area contributed by atoms with E-state index >= 15 is 0 Å². The molecule has 4 heteroatoms. The Hall–Kier alpha value is -3.66. The van der Waals surface area contributed by atoms with Gasteiger partial charge < -0.3 is 5.11 Å². The predicted molar refractivity (Wildman–Crippen MR) is 101 cm³/mol. The van der Waals surface area contributed by atoms with Crippen LogP contribution in [0.2, 0.25) is 0 Å². The second-order valence-corrected chi connectivity index (χ2v) is 5.85. The van der Waals surface area contributed by atoms with Crippen molar-refractivity contribution in [1.82, 2.24) is 9.78 Å². The molecule has 1 heterocycles. The lowest BCUT2D eigenvalue weighted by Gasteiger charge is -2.07. The largest absolute Gasteiger partial charge is 0.504 e. The number of rotatable bonds is 4. The highest BCUT2D eigenvalue weighted by atomic mass is 16.3. The number of hydrogen-bond donors (Lipinski definition) is 1. The van der Waals surface area contributed by atoms with E-state index in [-0.39, 0.29) is 17.2 Å². The number of carbonyl (C=O) groups is 1. The highest BCUT2D eigenvalue weighted by Gasteiger charge is 2.25. The van der Waals surface area contributed by atoms with Crippen LogP contribution in [0.15, 0.2) is 91.0 Å². The van der Waals surface area contributed by atoms with Gasteiger partial charge in [0, 0.05) is 11.1 Å². The first-order valence-corrected chi connectivity index (χ1v) is 8.28. The molecule has 0 fully saturated rings. The summed E-state index contributed by atoms with van der Waals surface area (Å²) >= 11 is 0. The Kier molecular flexibility index (Phi) is 4.07. The van der Waals surface area contributed by atoms with E-state index in [9.17, 15) is 9.90 Å². The van der Waals surface area contributed by atoms with E-state index < -0.39 is 0 Å². The molecule has 126 valence electrons. The smallest absolute Gasteiger partial charge is 0.217 e. The van der Waals surface area contributed by atoms with Crippen molar-refractivity contribution in [2.24, 2.45) is 0 Å². The molecule has 0 bridgehead atoms. The minimum atomic E-state index is -0.310. The first kappa shape index (κ1) is 15.8. The number of nitrogens with zero attached hydrogens (tertiary/aromatic N) is 2. The van der Waals surface area contributed by atoms with E-state index in [1.54, 1.807) is 28.9 Å². The lowest BCUT2D eigenvalue weighted by molar-refractivity contribution is 0.103. The Labute approximate surface area is 151 Å². The molecule has 0 spiro atoms. The summed E-state index contributed by atoms with van der Waals surface area (Å²) < 4.78 is 1.61. The van der Waals surface area contributed by atoms with Gasteiger partial charge in [0.2, 0.25) is 5.78 Å². The van der Waals surface area contributed by atoms with Crippen LogP contribution in [0.3, 0.4) is 0 Å². The molecule has 1 N–H and O–H groups in total. The Bertz CT molecular complexity index is 1040. The summed E-state index contributed by atoms with van der Waals surface area (Å²) in [7, 11) is 0. The molecule has 0 aliphatic heterocycles. The fraction of sp³-hybridized carbons (Fsp3) is 0. The van der Waals surface area contributed by atoms with E-state index in [1.165, 1.54) is 0 Å². The average molecular weight is 340 g/mol. The number of aromatic hydroxyl groups is 1.